The van der Waals surface area contributed by atoms with Crippen LogP contribution in [0.4, 0.5) is 8.78 Å². The molecule has 138 valence electrons. The van der Waals surface area contributed by atoms with Crippen LogP contribution in [0.15, 0.2) is 30.5 Å². The Kier molecular flexibility index (Phi) is 5.35. The van der Waals surface area contributed by atoms with Crippen molar-refractivity contribution in [3.05, 3.63) is 41.8 Å². The quantitative estimate of drug-likeness (QED) is 0.891. The molecule has 1 aliphatic rings. The lowest BCUT2D eigenvalue weighted by molar-refractivity contribution is 0.0604. The van der Waals surface area contributed by atoms with Crippen LogP contribution in [0.1, 0.15) is 25.3 Å². The van der Waals surface area contributed by atoms with Crippen molar-refractivity contribution in [3.8, 4) is 17.3 Å². The van der Waals surface area contributed by atoms with Crippen molar-refractivity contribution in [3.63, 3.8) is 0 Å². The standard InChI is InChI=1S/C19H23F2N5/c1-2-26-9-5-17(24-26)14-3-4-15(16(20)11-14)12-25-10-7-19(23,6-8-22)18(21)13-25/h3-5,9,11,18H,2,6-7,10,12-13,23H2,1H3. The van der Waals surface area contributed by atoms with Gasteiger partial charge >= 0.3 is 0 Å². The number of aromatic nitrogens is 2. The molecule has 1 aliphatic heterocycles. The van der Waals surface area contributed by atoms with Gasteiger partial charge < -0.3 is 5.73 Å². The number of rotatable bonds is 5. The first kappa shape index (κ1) is 18.5. The van der Waals surface area contributed by atoms with E-state index in [0.717, 1.165) is 17.8 Å². The molecule has 0 saturated carbocycles. The van der Waals surface area contributed by atoms with Gasteiger partial charge in [-0.05, 0) is 25.5 Å². The normalized spacial score (nSPS) is 23.7. The van der Waals surface area contributed by atoms with Crippen molar-refractivity contribution >= 4 is 0 Å². The zero-order valence-corrected chi connectivity index (χ0v) is 14.8. The lowest BCUT2D eigenvalue weighted by Crippen LogP contribution is -2.58. The van der Waals surface area contributed by atoms with E-state index < -0.39 is 11.7 Å². The summed E-state index contributed by atoms with van der Waals surface area (Å²) in [5, 5.41) is 13.2. The minimum Gasteiger partial charge on any atom is -0.322 e. The molecule has 1 aromatic carbocycles. The van der Waals surface area contributed by atoms with Crippen LogP contribution < -0.4 is 5.73 Å². The average molecular weight is 359 g/mol. The maximum absolute atomic E-state index is 14.5. The predicted octanol–water partition coefficient (Wildman–Crippen LogP) is 2.86. The zero-order valence-electron chi connectivity index (χ0n) is 14.8. The maximum atomic E-state index is 14.5. The molecule has 26 heavy (non-hydrogen) atoms. The molecule has 2 atom stereocenters. The smallest absolute Gasteiger partial charge is 0.132 e. The Bertz CT molecular complexity index is 813. The summed E-state index contributed by atoms with van der Waals surface area (Å²) in [5.41, 5.74) is 6.86. The van der Waals surface area contributed by atoms with Gasteiger partial charge in [0.1, 0.15) is 12.0 Å². The summed E-state index contributed by atoms with van der Waals surface area (Å²) in [5.74, 6) is -0.328. The average Bonchev–Trinajstić information content (AvgIpc) is 3.10. The summed E-state index contributed by atoms with van der Waals surface area (Å²) in [6.07, 6.45) is 0.943. The van der Waals surface area contributed by atoms with Gasteiger partial charge in [-0.2, -0.15) is 10.4 Å². The van der Waals surface area contributed by atoms with Crippen LogP contribution in [0.3, 0.4) is 0 Å². The molecule has 1 fully saturated rings. The SMILES string of the molecule is CCn1ccc(-c2ccc(CN3CCC(N)(CC#N)C(F)C3)c(F)c2)n1. The first-order valence-electron chi connectivity index (χ1n) is 8.79. The number of benzene rings is 1. The summed E-state index contributed by atoms with van der Waals surface area (Å²) in [6, 6.07) is 8.84. The van der Waals surface area contributed by atoms with Crippen molar-refractivity contribution in [2.45, 2.75) is 44.6 Å². The molecular formula is C19H23F2N5. The van der Waals surface area contributed by atoms with Crippen molar-refractivity contribution < 1.29 is 8.78 Å². The highest BCUT2D eigenvalue weighted by Crippen LogP contribution is 2.28. The number of halogens is 2. The van der Waals surface area contributed by atoms with Crippen molar-refractivity contribution in [2.75, 3.05) is 13.1 Å². The van der Waals surface area contributed by atoms with Gasteiger partial charge in [0.15, 0.2) is 0 Å². The summed E-state index contributed by atoms with van der Waals surface area (Å²) in [7, 11) is 0. The number of hydrogen-bond acceptors (Lipinski definition) is 4. The van der Waals surface area contributed by atoms with Gasteiger partial charge in [-0.25, -0.2) is 8.78 Å². The molecule has 1 saturated heterocycles. The van der Waals surface area contributed by atoms with Crippen LogP contribution in [0.2, 0.25) is 0 Å². The van der Waals surface area contributed by atoms with Crippen LogP contribution >= 0.6 is 0 Å². The summed E-state index contributed by atoms with van der Waals surface area (Å²) in [6.45, 7) is 3.72. The number of nitriles is 1. The third kappa shape index (κ3) is 3.76. The highest BCUT2D eigenvalue weighted by atomic mass is 19.1. The molecule has 2 aromatic rings. The van der Waals surface area contributed by atoms with Crippen LogP contribution in [-0.2, 0) is 13.1 Å². The Balaban J connectivity index is 1.68. The molecular weight excluding hydrogens is 336 g/mol. The molecule has 0 aliphatic carbocycles. The lowest BCUT2D eigenvalue weighted by Gasteiger charge is -2.40. The van der Waals surface area contributed by atoms with Crippen LogP contribution in [0.25, 0.3) is 11.3 Å². The fourth-order valence-electron chi connectivity index (χ4n) is 3.28. The Morgan fingerprint density at radius 2 is 2.23 bits per heavy atom. The minimum atomic E-state index is -1.30. The van der Waals surface area contributed by atoms with Gasteiger partial charge in [-0.15, -0.1) is 0 Å². The maximum Gasteiger partial charge on any atom is 0.132 e. The molecule has 7 heteroatoms. The van der Waals surface area contributed by atoms with Gasteiger partial charge in [-0.1, -0.05) is 12.1 Å². The van der Waals surface area contributed by atoms with Crippen LogP contribution in [0, 0.1) is 17.1 Å². The predicted molar refractivity (Wildman–Crippen MR) is 95.2 cm³/mol. The topological polar surface area (TPSA) is 70.9 Å². The molecule has 2 heterocycles. The second-order valence-corrected chi connectivity index (χ2v) is 6.88. The first-order valence-corrected chi connectivity index (χ1v) is 8.79. The number of nitrogens with two attached hydrogens (primary N) is 1. The number of piperidine rings is 1. The number of alkyl halides is 1. The highest BCUT2D eigenvalue weighted by molar-refractivity contribution is 5.59. The van der Waals surface area contributed by atoms with Crippen molar-refractivity contribution in [1.82, 2.24) is 14.7 Å². The van der Waals surface area contributed by atoms with E-state index in [9.17, 15) is 8.78 Å². The van der Waals surface area contributed by atoms with Crippen LogP contribution in [0.5, 0.6) is 0 Å². The first-order chi connectivity index (χ1) is 12.4. The fraction of sp³-hybridized carbons (Fsp3) is 0.474. The van der Waals surface area contributed by atoms with E-state index in [1.807, 2.05) is 36.2 Å². The van der Waals surface area contributed by atoms with E-state index in [1.54, 1.807) is 10.7 Å². The van der Waals surface area contributed by atoms with E-state index >= 15 is 0 Å². The molecule has 1 aromatic heterocycles. The summed E-state index contributed by atoms with van der Waals surface area (Å²) in [4.78, 5) is 1.84. The Hall–Kier alpha value is -2.30. The second-order valence-electron chi connectivity index (χ2n) is 6.88. The molecule has 5 nitrogen and oxygen atoms in total. The number of nitrogens with zero attached hydrogens (tertiary/aromatic N) is 4. The summed E-state index contributed by atoms with van der Waals surface area (Å²) < 4.78 is 30.7. The molecule has 2 unspecified atom stereocenters. The summed E-state index contributed by atoms with van der Waals surface area (Å²) >= 11 is 0. The monoisotopic (exact) mass is 359 g/mol. The Labute approximate surface area is 152 Å². The van der Waals surface area contributed by atoms with Gasteiger partial charge in [0, 0.05) is 43.5 Å². The van der Waals surface area contributed by atoms with E-state index in [2.05, 4.69) is 5.10 Å². The fourth-order valence-corrected chi connectivity index (χ4v) is 3.28. The molecule has 0 bridgehead atoms. The Morgan fingerprint density at radius 3 is 2.85 bits per heavy atom. The zero-order chi connectivity index (χ0) is 18.7. The van der Waals surface area contributed by atoms with Gasteiger partial charge in [0.25, 0.3) is 0 Å². The number of likely N-dealkylation sites (tertiary alicyclic amines) is 1. The Morgan fingerprint density at radius 1 is 1.42 bits per heavy atom. The van der Waals surface area contributed by atoms with Gasteiger partial charge in [-0.3, -0.25) is 9.58 Å². The largest absolute Gasteiger partial charge is 0.322 e. The molecule has 0 amide bonds. The highest BCUT2D eigenvalue weighted by Gasteiger charge is 2.40. The third-order valence-electron chi connectivity index (χ3n) is 5.05. The van der Waals surface area contributed by atoms with Gasteiger partial charge in [0.2, 0.25) is 0 Å². The van der Waals surface area contributed by atoms with E-state index in [-0.39, 0.29) is 18.8 Å². The molecule has 0 radical (unpaired) electrons. The van der Waals surface area contributed by atoms with Crippen molar-refractivity contribution in [2.24, 2.45) is 5.73 Å². The van der Waals surface area contributed by atoms with Crippen LogP contribution in [-0.4, -0.2) is 39.5 Å². The minimum absolute atomic E-state index is 0.00449. The van der Waals surface area contributed by atoms with Crippen molar-refractivity contribution in [1.29, 1.82) is 5.26 Å². The lowest BCUT2D eigenvalue weighted by atomic mass is 9.84. The number of aryl methyl sites for hydroxylation is 1. The second kappa shape index (κ2) is 7.52. The van der Waals surface area contributed by atoms with Gasteiger partial charge in [0.05, 0.1) is 23.7 Å². The third-order valence-corrected chi connectivity index (χ3v) is 5.05. The molecule has 0 spiro atoms. The van der Waals surface area contributed by atoms with E-state index in [0.29, 0.717) is 25.1 Å². The molecule has 3 rings (SSSR count). The van der Waals surface area contributed by atoms with E-state index in [4.69, 9.17) is 11.0 Å². The number of hydrogen-bond donors (Lipinski definition) is 1. The van der Waals surface area contributed by atoms with E-state index in [1.165, 1.54) is 6.07 Å². The molecule has 2 N–H and O–H groups in total.